The Kier molecular flexibility index (Phi) is 3.58. The molecule has 98 valence electrons. The Morgan fingerprint density at radius 2 is 1.94 bits per heavy atom. The minimum Gasteiger partial charge on any atom is -0.353 e. The van der Waals surface area contributed by atoms with E-state index in [1.54, 1.807) is 11.3 Å². The van der Waals surface area contributed by atoms with Gasteiger partial charge in [0.1, 0.15) is 0 Å². The number of aromatic nitrogens is 2. The van der Waals surface area contributed by atoms with Gasteiger partial charge in [-0.15, -0.1) is 21.5 Å². The first-order valence-electron chi connectivity index (χ1n) is 5.10. The van der Waals surface area contributed by atoms with Crippen LogP contribution in [0, 0.1) is 6.92 Å². The zero-order chi connectivity index (χ0) is 13.3. The molecule has 0 fully saturated rings. The lowest BCUT2D eigenvalue weighted by Crippen LogP contribution is -2.04. The SMILES string of the molecule is Cc1ccc(C(C)Nc2nnc(C(F)(F)F)s2)s1. The minimum atomic E-state index is -4.43. The van der Waals surface area contributed by atoms with Crippen LogP contribution in [0.4, 0.5) is 18.3 Å². The van der Waals surface area contributed by atoms with Crippen molar-refractivity contribution >= 4 is 27.8 Å². The summed E-state index contributed by atoms with van der Waals surface area (Å²) in [6.45, 7) is 3.85. The number of nitrogens with zero attached hydrogens (tertiary/aromatic N) is 2. The van der Waals surface area contributed by atoms with Crippen LogP contribution in [-0.2, 0) is 6.18 Å². The van der Waals surface area contributed by atoms with Crippen molar-refractivity contribution in [3.8, 4) is 0 Å². The molecule has 0 saturated carbocycles. The lowest BCUT2D eigenvalue weighted by molar-refractivity contribution is -0.138. The first-order chi connectivity index (χ1) is 8.36. The quantitative estimate of drug-likeness (QED) is 0.925. The number of thiophene rings is 1. The Morgan fingerprint density at radius 3 is 2.44 bits per heavy atom. The number of aryl methyl sites for hydroxylation is 1. The van der Waals surface area contributed by atoms with Crippen molar-refractivity contribution in [2.24, 2.45) is 0 Å². The summed E-state index contributed by atoms with van der Waals surface area (Å²) in [5, 5.41) is 8.79. The van der Waals surface area contributed by atoms with Crippen molar-refractivity contribution in [1.29, 1.82) is 0 Å². The van der Waals surface area contributed by atoms with Crippen LogP contribution < -0.4 is 5.32 Å². The maximum absolute atomic E-state index is 12.3. The maximum Gasteiger partial charge on any atom is 0.445 e. The summed E-state index contributed by atoms with van der Waals surface area (Å²) in [5.41, 5.74) is 0. The van der Waals surface area contributed by atoms with Gasteiger partial charge in [0.25, 0.3) is 0 Å². The van der Waals surface area contributed by atoms with Crippen LogP contribution in [0.3, 0.4) is 0 Å². The summed E-state index contributed by atoms with van der Waals surface area (Å²) >= 11 is 2.12. The summed E-state index contributed by atoms with van der Waals surface area (Å²) < 4.78 is 37.0. The largest absolute Gasteiger partial charge is 0.445 e. The second kappa shape index (κ2) is 4.85. The van der Waals surface area contributed by atoms with Crippen molar-refractivity contribution in [2.75, 3.05) is 5.32 Å². The Balaban J connectivity index is 2.08. The third kappa shape index (κ3) is 2.99. The molecule has 0 aromatic carbocycles. The Hall–Kier alpha value is -1.15. The van der Waals surface area contributed by atoms with Gasteiger partial charge in [-0.2, -0.15) is 13.2 Å². The number of halogens is 3. The predicted molar refractivity (Wildman–Crippen MR) is 66.0 cm³/mol. The molecule has 8 heteroatoms. The van der Waals surface area contributed by atoms with Gasteiger partial charge in [-0.05, 0) is 26.0 Å². The molecule has 2 aromatic rings. The van der Waals surface area contributed by atoms with Crippen molar-refractivity contribution < 1.29 is 13.2 Å². The molecule has 0 aliphatic carbocycles. The van der Waals surface area contributed by atoms with Crippen molar-refractivity contribution in [1.82, 2.24) is 10.2 Å². The van der Waals surface area contributed by atoms with Crippen LogP contribution in [0.15, 0.2) is 12.1 Å². The smallest absolute Gasteiger partial charge is 0.353 e. The lowest BCUT2D eigenvalue weighted by Gasteiger charge is -2.09. The van der Waals surface area contributed by atoms with E-state index in [9.17, 15) is 13.2 Å². The third-order valence-corrected chi connectivity index (χ3v) is 4.28. The molecule has 0 radical (unpaired) electrons. The fourth-order valence-corrected chi connectivity index (χ4v) is 2.92. The number of hydrogen-bond acceptors (Lipinski definition) is 5. The van der Waals surface area contributed by atoms with Crippen LogP contribution in [0.5, 0.6) is 0 Å². The lowest BCUT2D eigenvalue weighted by atomic mass is 10.3. The highest BCUT2D eigenvalue weighted by Crippen LogP contribution is 2.34. The number of rotatable bonds is 3. The summed E-state index contributed by atoms with van der Waals surface area (Å²) in [6, 6.07) is 3.83. The molecule has 3 nitrogen and oxygen atoms in total. The van der Waals surface area contributed by atoms with E-state index in [0.717, 1.165) is 9.75 Å². The normalized spacial score (nSPS) is 13.6. The monoisotopic (exact) mass is 293 g/mol. The van der Waals surface area contributed by atoms with Crippen LogP contribution in [0.1, 0.15) is 27.7 Å². The van der Waals surface area contributed by atoms with E-state index in [-0.39, 0.29) is 11.2 Å². The second-order valence-electron chi connectivity index (χ2n) is 3.72. The van der Waals surface area contributed by atoms with Gasteiger partial charge in [-0.3, -0.25) is 0 Å². The first-order valence-corrected chi connectivity index (χ1v) is 6.73. The van der Waals surface area contributed by atoms with Gasteiger partial charge < -0.3 is 5.32 Å². The van der Waals surface area contributed by atoms with Gasteiger partial charge in [-0.25, -0.2) is 0 Å². The van der Waals surface area contributed by atoms with Gasteiger partial charge in [0.05, 0.1) is 6.04 Å². The first kappa shape index (κ1) is 13.3. The molecule has 0 amide bonds. The molecule has 2 heterocycles. The van der Waals surface area contributed by atoms with E-state index in [1.165, 1.54) is 0 Å². The molecule has 0 aliphatic heterocycles. The summed E-state index contributed by atoms with van der Waals surface area (Å²) in [6.07, 6.45) is -4.43. The van der Waals surface area contributed by atoms with E-state index in [0.29, 0.717) is 11.3 Å². The Bertz CT molecular complexity index is 532. The highest BCUT2D eigenvalue weighted by Gasteiger charge is 2.35. The average molecular weight is 293 g/mol. The maximum atomic E-state index is 12.3. The van der Waals surface area contributed by atoms with Crippen LogP contribution in [-0.4, -0.2) is 10.2 Å². The highest BCUT2D eigenvalue weighted by molar-refractivity contribution is 7.15. The standard InChI is InChI=1S/C10H10F3N3S2/c1-5-3-4-7(17-5)6(2)14-9-16-15-8(18-9)10(11,12)13/h3-4,6H,1-2H3,(H,14,16). The van der Waals surface area contributed by atoms with E-state index in [1.807, 2.05) is 26.0 Å². The molecule has 1 N–H and O–H groups in total. The predicted octanol–water partition coefficient (Wildman–Crippen LogP) is 4.10. The van der Waals surface area contributed by atoms with Gasteiger partial charge in [0, 0.05) is 9.75 Å². The zero-order valence-corrected chi connectivity index (χ0v) is 11.2. The Morgan fingerprint density at radius 1 is 1.22 bits per heavy atom. The molecule has 1 atom stereocenters. The third-order valence-electron chi connectivity index (χ3n) is 2.20. The molecule has 1 unspecified atom stereocenters. The molecule has 0 saturated heterocycles. The number of hydrogen-bond donors (Lipinski definition) is 1. The van der Waals surface area contributed by atoms with Gasteiger partial charge in [-0.1, -0.05) is 11.3 Å². The molecular formula is C10H10F3N3S2. The molecule has 18 heavy (non-hydrogen) atoms. The topological polar surface area (TPSA) is 37.8 Å². The Labute approximate surface area is 110 Å². The van der Waals surface area contributed by atoms with Crippen LogP contribution in [0.2, 0.25) is 0 Å². The van der Waals surface area contributed by atoms with Gasteiger partial charge >= 0.3 is 6.18 Å². The second-order valence-corrected chi connectivity index (χ2v) is 6.02. The number of nitrogens with one attached hydrogen (secondary N) is 1. The molecule has 2 aromatic heterocycles. The average Bonchev–Trinajstić information content (AvgIpc) is 2.85. The van der Waals surface area contributed by atoms with E-state index in [2.05, 4.69) is 15.5 Å². The summed E-state index contributed by atoms with van der Waals surface area (Å²) in [5.74, 6) is 0. The minimum absolute atomic E-state index is 0.0854. The highest BCUT2D eigenvalue weighted by atomic mass is 32.1. The number of anilines is 1. The van der Waals surface area contributed by atoms with E-state index in [4.69, 9.17) is 0 Å². The molecular weight excluding hydrogens is 283 g/mol. The molecule has 0 aliphatic rings. The van der Waals surface area contributed by atoms with Crippen molar-refractivity contribution in [3.05, 3.63) is 26.9 Å². The van der Waals surface area contributed by atoms with Crippen LogP contribution >= 0.6 is 22.7 Å². The molecule has 0 spiro atoms. The van der Waals surface area contributed by atoms with Gasteiger partial charge in [0.2, 0.25) is 10.1 Å². The van der Waals surface area contributed by atoms with Gasteiger partial charge in [0.15, 0.2) is 0 Å². The number of alkyl halides is 3. The van der Waals surface area contributed by atoms with E-state index < -0.39 is 11.2 Å². The van der Waals surface area contributed by atoms with Crippen LogP contribution in [0.25, 0.3) is 0 Å². The summed E-state index contributed by atoms with van der Waals surface area (Å²) in [4.78, 5) is 2.21. The fourth-order valence-electron chi connectivity index (χ4n) is 1.34. The van der Waals surface area contributed by atoms with Crippen molar-refractivity contribution in [3.63, 3.8) is 0 Å². The molecule has 0 bridgehead atoms. The summed E-state index contributed by atoms with van der Waals surface area (Å²) in [7, 11) is 0. The van der Waals surface area contributed by atoms with Crippen molar-refractivity contribution in [2.45, 2.75) is 26.1 Å². The fraction of sp³-hybridized carbons (Fsp3) is 0.400. The van der Waals surface area contributed by atoms with E-state index >= 15 is 0 Å². The zero-order valence-electron chi connectivity index (χ0n) is 9.58. The molecule has 2 rings (SSSR count).